The minimum Gasteiger partial charge on any atom is -0.391 e. The van der Waals surface area contributed by atoms with Crippen molar-refractivity contribution in [3.63, 3.8) is 0 Å². The number of likely N-dealkylation sites (N-methyl/N-ethyl adjacent to an activating group) is 1. The van der Waals surface area contributed by atoms with Gasteiger partial charge in [-0.2, -0.15) is 0 Å². The van der Waals surface area contributed by atoms with Gasteiger partial charge < -0.3 is 19.8 Å². The predicted octanol–water partition coefficient (Wildman–Crippen LogP) is 16.4. The highest BCUT2D eigenvalue weighted by atomic mass is 31.2. The molecule has 382 valence electrons. The number of amides is 1. The Morgan fingerprint density at radius 2 is 0.923 bits per heavy atom. The quantitative estimate of drug-likeness (QED) is 0.0243. The number of phosphoric ester groups is 1. The van der Waals surface area contributed by atoms with Gasteiger partial charge in [0.05, 0.1) is 39.9 Å². The lowest BCUT2D eigenvalue weighted by atomic mass is 10.0. The Hall–Kier alpha value is -1.54. The summed E-state index contributed by atoms with van der Waals surface area (Å²) in [5.74, 6) is -0.143. The second kappa shape index (κ2) is 47.5. The Kier molecular flexibility index (Phi) is 46.4. The number of aliphatic hydroxyl groups excluding tert-OH is 1. The third-order valence-corrected chi connectivity index (χ3v) is 13.3. The molecule has 0 saturated carbocycles. The Morgan fingerprint density at radius 3 is 1.35 bits per heavy atom. The number of carbonyl (C=O) groups is 1. The van der Waals surface area contributed by atoms with Gasteiger partial charge in [-0.15, -0.1) is 0 Å². The third-order valence-electron chi connectivity index (χ3n) is 12.3. The fraction of sp³-hybridized carbons (Fsp3) is 0.839. The van der Waals surface area contributed by atoms with Crippen LogP contribution in [-0.4, -0.2) is 73.4 Å². The molecule has 0 aromatic heterocycles. The number of hydrogen-bond acceptors (Lipinski definition) is 5. The summed E-state index contributed by atoms with van der Waals surface area (Å²) >= 11 is 0. The molecule has 0 aromatic rings. The van der Waals surface area contributed by atoms with E-state index in [0.717, 1.165) is 64.2 Å². The average molecular weight is 936 g/mol. The summed E-state index contributed by atoms with van der Waals surface area (Å²) in [7, 11) is 1.62. The molecule has 0 heterocycles. The molecule has 0 bridgehead atoms. The molecule has 0 rings (SSSR count). The molecule has 0 radical (unpaired) electrons. The Labute approximate surface area is 403 Å². The molecular weight excluding hydrogens is 828 g/mol. The van der Waals surface area contributed by atoms with Gasteiger partial charge in [0, 0.05) is 6.42 Å². The first-order valence-corrected chi connectivity index (χ1v) is 29.0. The summed E-state index contributed by atoms with van der Waals surface area (Å²) in [5.41, 5.74) is 0. The summed E-state index contributed by atoms with van der Waals surface area (Å²) in [6.45, 7) is 4.79. The molecular formula is C56H108N2O6P+. The topological polar surface area (TPSA) is 105 Å². The zero-order valence-electron chi connectivity index (χ0n) is 43.5. The minimum atomic E-state index is -4.32. The number of aliphatic hydroxyl groups is 1. The van der Waals surface area contributed by atoms with Gasteiger partial charge in [-0.25, -0.2) is 4.57 Å². The van der Waals surface area contributed by atoms with E-state index in [1.54, 1.807) is 0 Å². The largest absolute Gasteiger partial charge is 0.472 e. The molecule has 65 heavy (non-hydrogen) atoms. The molecule has 0 fully saturated rings. The maximum atomic E-state index is 13.0. The smallest absolute Gasteiger partial charge is 0.391 e. The van der Waals surface area contributed by atoms with Crippen LogP contribution in [0, 0.1) is 0 Å². The number of hydrogen-bond donors (Lipinski definition) is 3. The van der Waals surface area contributed by atoms with Crippen LogP contribution in [-0.2, 0) is 18.4 Å². The first-order valence-electron chi connectivity index (χ1n) is 27.5. The molecule has 0 saturated heterocycles. The maximum absolute atomic E-state index is 13.0. The van der Waals surface area contributed by atoms with Crippen LogP contribution in [0.25, 0.3) is 0 Å². The molecule has 8 nitrogen and oxygen atoms in total. The number of rotatable bonds is 50. The van der Waals surface area contributed by atoms with Crippen molar-refractivity contribution >= 4 is 13.7 Å². The van der Waals surface area contributed by atoms with E-state index >= 15 is 0 Å². The van der Waals surface area contributed by atoms with Crippen molar-refractivity contribution in [3.8, 4) is 0 Å². The van der Waals surface area contributed by atoms with Crippen LogP contribution in [0.3, 0.4) is 0 Å². The molecule has 1 amide bonds. The highest BCUT2D eigenvalue weighted by Gasteiger charge is 2.28. The van der Waals surface area contributed by atoms with Crippen molar-refractivity contribution in [2.24, 2.45) is 0 Å². The second-order valence-corrected chi connectivity index (χ2v) is 21.4. The van der Waals surface area contributed by atoms with E-state index in [-0.39, 0.29) is 19.1 Å². The van der Waals surface area contributed by atoms with Crippen molar-refractivity contribution in [2.45, 2.75) is 264 Å². The molecule has 9 heteroatoms. The predicted molar refractivity (Wildman–Crippen MR) is 281 cm³/mol. The lowest BCUT2D eigenvalue weighted by Gasteiger charge is -2.26. The molecule has 0 aliphatic carbocycles. The standard InChI is InChI=1S/C56H107N2O6P/c1-6-8-10-12-14-16-18-20-22-23-24-25-26-27-28-29-30-31-32-33-34-35-36-38-40-42-44-46-48-50-56(60)57-54(53-64-65(61,62)63-52-51-58(3,4)5)55(59)49-47-45-43-41-39-37-21-19-17-15-13-11-9-7-2/h8,10,14,16,20,22,24-25,54-55,59H,6-7,9,11-13,15,17-19,21,23,26-53H2,1-5H3,(H-,57,60,61,62)/p+1/b10-8-,16-14-,22-20-,25-24-. The number of nitrogens with zero attached hydrogens (tertiary/aromatic N) is 1. The molecule has 3 atom stereocenters. The van der Waals surface area contributed by atoms with Crippen LogP contribution in [0.15, 0.2) is 48.6 Å². The lowest BCUT2D eigenvalue weighted by Crippen LogP contribution is -2.46. The highest BCUT2D eigenvalue weighted by Crippen LogP contribution is 2.43. The molecule has 3 N–H and O–H groups in total. The second-order valence-electron chi connectivity index (χ2n) is 19.9. The van der Waals surface area contributed by atoms with Gasteiger partial charge in [0.1, 0.15) is 13.2 Å². The zero-order chi connectivity index (χ0) is 47.8. The van der Waals surface area contributed by atoms with Gasteiger partial charge in [0.25, 0.3) is 0 Å². The zero-order valence-corrected chi connectivity index (χ0v) is 44.4. The summed E-state index contributed by atoms with van der Waals surface area (Å²) in [4.78, 5) is 23.3. The van der Waals surface area contributed by atoms with Crippen molar-refractivity contribution in [2.75, 3.05) is 40.9 Å². The lowest BCUT2D eigenvalue weighted by molar-refractivity contribution is -0.870. The fourth-order valence-electron chi connectivity index (χ4n) is 8.04. The minimum absolute atomic E-state index is 0.0749. The summed E-state index contributed by atoms with van der Waals surface area (Å²) in [6.07, 6.45) is 61.6. The summed E-state index contributed by atoms with van der Waals surface area (Å²) < 4.78 is 23.7. The average Bonchev–Trinajstić information content (AvgIpc) is 3.26. The monoisotopic (exact) mass is 936 g/mol. The van der Waals surface area contributed by atoms with Crippen molar-refractivity contribution in [1.82, 2.24) is 5.32 Å². The van der Waals surface area contributed by atoms with E-state index in [1.807, 2.05) is 21.1 Å². The van der Waals surface area contributed by atoms with E-state index in [0.29, 0.717) is 23.9 Å². The van der Waals surface area contributed by atoms with E-state index in [1.165, 1.54) is 161 Å². The number of phosphoric acid groups is 1. The summed E-state index contributed by atoms with van der Waals surface area (Å²) in [5, 5.41) is 14.0. The highest BCUT2D eigenvalue weighted by molar-refractivity contribution is 7.47. The number of quaternary nitrogens is 1. The van der Waals surface area contributed by atoms with Gasteiger partial charge in [-0.1, -0.05) is 242 Å². The number of allylic oxidation sites excluding steroid dienone is 8. The Balaban J connectivity index is 4.08. The van der Waals surface area contributed by atoms with Crippen LogP contribution in [0.2, 0.25) is 0 Å². The van der Waals surface area contributed by atoms with E-state index in [9.17, 15) is 19.4 Å². The molecule has 0 aliphatic rings. The Bertz CT molecular complexity index is 1200. The van der Waals surface area contributed by atoms with E-state index in [2.05, 4.69) is 67.8 Å². The van der Waals surface area contributed by atoms with Crippen LogP contribution in [0.5, 0.6) is 0 Å². The SMILES string of the molecule is CC/C=C\C/C=C\C/C=C\C/C=C\CCCCCCCCCCCCCCCCCCC(=O)NC(COP(=O)(O)OCC[N+](C)(C)C)C(O)CCCCCCCCCCCCCCCC. The van der Waals surface area contributed by atoms with E-state index < -0.39 is 20.0 Å². The van der Waals surface area contributed by atoms with Gasteiger partial charge in [-0.3, -0.25) is 13.8 Å². The summed E-state index contributed by atoms with van der Waals surface area (Å²) in [6, 6.07) is -0.760. The number of carbonyl (C=O) groups excluding carboxylic acids is 1. The first kappa shape index (κ1) is 63.5. The van der Waals surface area contributed by atoms with Gasteiger partial charge in [0.15, 0.2) is 0 Å². The van der Waals surface area contributed by atoms with Crippen LogP contribution < -0.4 is 5.32 Å². The first-order chi connectivity index (χ1) is 31.5. The maximum Gasteiger partial charge on any atom is 0.472 e. The number of unbranched alkanes of at least 4 members (excludes halogenated alkanes) is 29. The van der Waals surface area contributed by atoms with Crippen LogP contribution >= 0.6 is 7.82 Å². The molecule has 0 aliphatic heterocycles. The van der Waals surface area contributed by atoms with Gasteiger partial charge in [-0.05, 0) is 51.4 Å². The number of nitrogens with one attached hydrogen (secondary N) is 1. The normalized spacial score (nSPS) is 14.4. The van der Waals surface area contributed by atoms with Crippen molar-refractivity contribution in [1.29, 1.82) is 0 Å². The third kappa shape index (κ3) is 50.2. The Morgan fingerprint density at radius 1 is 0.538 bits per heavy atom. The molecule has 0 spiro atoms. The van der Waals surface area contributed by atoms with E-state index in [4.69, 9.17) is 9.05 Å². The van der Waals surface area contributed by atoms with Crippen molar-refractivity contribution < 1.29 is 32.9 Å². The van der Waals surface area contributed by atoms with Gasteiger partial charge in [0.2, 0.25) is 5.91 Å². The van der Waals surface area contributed by atoms with Crippen molar-refractivity contribution in [3.05, 3.63) is 48.6 Å². The van der Waals surface area contributed by atoms with Crippen LogP contribution in [0.4, 0.5) is 0 Å². The molecule has 3 unspecified atom stereocenters. The fourth-order valence-corrected chi connectivity index (χ4v) is 8.77. The molecule has 0 aromatic carbocycles. The van der Waals surface area contributed by atoms with Gasteiger partial charge >= 0.3 is 7.82 Å². The van der Waals surface area contributed by atoms with Crippen LogP contribution in [0.1, 0.15) is 251 Å².